The first-order valence-corrected chi connectivity index (χ1v) is 10.1. The average Bonchev–Trinajstić information content (AvgIpc) is 3.31. The minimum atomic E-state index is -1.19. The van der Waals surface area contributed by atoms with Gasteiger partial charge in [0.1, 0.15) is 42.0 Å². The van der Waals surface area contributed by atoms with Crippen molar-refractivity contribution in [1.82, 2.24) is 25.0 Å². The normalized spacial score (nSPS) is 30.3. The number of nitrogens with two attached hydrogens (primary N) is 1. The van der Waals surface area contributed by atoms with Crippen LogP contribution in [0.1, 0.15) is 18.7 Å². The van der Waals surface area contributed by atoms with Gasteiger partial charge in [-0.25, -0.2) is 15.0 Å². The Morgan fingerprint density at radius 3 is 2.94 bits per heavy atom. The Morgan fingerprint density at radius 2 is 2.06 bits per heavy atom. The molecule has 0 bridgehead atoms. The molecule has 0 saturated carbocycles. The van der Waals surface area contributed by atoms with Crippen LogP contribution in [0.15, 0.2) is 36.9 Å². The van der Waals surface area contributed by atoms with E-state index in [-0.39, 0.29) is 24.6 Å². The lowest BCUT2D eigenvalue weighted by Crippen LogP contribution is -2.47. The molecule has 164 valence electrons. The first-order chi connectivity index (χ1) is 15.0. The van der Waals surface area contributed by atoms with Crippen LogP contribution >= 0.6 is 0 Å². The van der Waals surface area contributed by atoms with Crippen LogP contribution < -0.4 is 16.0 Å². The second-order valence-corrected chi connectivity index (χ2v) is 7.80. The molecule has 2 aliphatic rings. The van der Waals surface area contributed by atoms with Gasteiger partial charge in [-0.15, -0.1) is 0 Å². The number of para-hydroxylation sites is 1. The van der Waals surface area contributed by atoms with Crippen molar-refractivity contribution in [3.8, 4) is 5.75 Å². The third-order valence-electron chi connectivity index (χ3n) is 5.77. The fraction of sp³-hybridized carbons (Fsp3) is 0.450. The summed E-state index contributed by atoms with van der Waals surface area (Å²) in [5, 5.41) is 21.0. The lowest BCUT2D eigenvalue weighted by Gasteiger charge is -2.32. The summed E-state index contributed by atoms with van der Waals surface area (Å²) in [6.07, 6.45) is -0.554. The van der Waals surface area contributed by atoms with Crippen LogP contribution in [-0.2, 0) is 16.0 Å². The summed E-state index contributed by atoms with van der Waals surface area (Å²) in [5.41, 5.74) is 10.7. The molecule has 11 heteroatoms. The minimum Gasteiger partial charge on any atom is -0.489 e. The van der Waals surface area contributed by atoms with E-state index in [0.29, 0.717) is 11.2 Å². The van der Waals surface area contributed by atoms with E-state index in [0.717, 1.165) is 17.7 Å². The first kappa shape index (κ1) is 20.1. The molecule has 1 fully saturated rings. The number of nitrogens with one attached hydrogen (secondary N) is 1. The minimum absolute atomic E-state index is 0.0311. The number of imidazole rings is 1. The molecule has 1 aromatic carbocycles. The molecule has 0 unspecified atom stereocenters. The third-order valence-corrected chi connectivity index (χ3v) is 5.77. The number of aromatic nitrogens is 4. The smallest absolute Gasteiger partial charge is 0.167 e. The molecule has 31 heavy (non-hydrogen) atoms. The molecule has 5 N–H and O–H groups in total. The summed E-state index contributed by atoms with van der Waals surface area (Å²) >= 11 is 0. The SMILES string of the molecule is C[C@@H]1Oc2ccccc2C[C@H]1NOC[C@H]1O[C@@H](n2cnc3c(N)ncnc32)[C@H](O)[C@@H]1O. The summed E-state index contributed by atoms with van der Waals surface area (Å²) in [6.45, 7) is 2.00. The van der Waals surface area contributed by atoms with Gasteiger partial charge in [0.05, 0.1) is 19.0 Å². The van der Waals surface area contributed by atoms with Crippen LogP contribution in [-0.4, -0.2) is 66.8 Å². The topological polar surface area (TPSA) is 150 Å². The average molecular weight is 428 g/mol. The molecule has 6 atom stereocenters. The van der Waals surface area contributed by atoms with Crippen LogP contribution in [0.5, 0.6) is 5.75 Å². The van der Waals surface area contributed by atoms with Crippen molar-refractivity contribution < 1.29 is 24.5 Å². The molecule has 2 aliphatic heterocycles. The largest absolute Gasteiger partial charge is 0.489 e. The maximum Gasteiger partial charge on any atom is 0.167 e. The lowest BCUT2D eigenvalue weighted by atomic mass is 9.99. The molecule has 2 aromatic heterocycles. The van der Waals surface area contributed by atoms with Gasteiger partial charge in [-0.2, -0.15) is 5.48 Å². The Hall–Kier alpha value is -2.83. The number of nitrogens with zero attached hydrogens (tertiary/aromatic N) is 4. The van der Waals surface area contributed by atoms with Gasteiger partial charge in [-0.3, -0.25) is 9.40 Å². The number of aliphatic hydroxyl groups is 2. The van der Waals surface area contributed by atoms with E-state index in [9.17, 15) is 10.2 Å². The van der Waals surface area contributed by atoms with Crippen molar-refractivity contribution in [1.29, 1.82) is 0 Å². The number of hydroxylamine groups is 1. The van der Waals surface area contributed by atoms with Crippen LogP contribution in [0.3, 0.4) is 0 Å². The number of benzene rings is 1. The Bertz CT molecular complexity index is 1080. The molecular weight excluding hydrogens is 404 g/mol. The molecule has 3 aromatic rings. The van der Waals surface area contributed by atoms with Crippen molar-refractivity contribution in [3.05, 3.63) is 42.5 Å². The first-order valence-electron chi connectivity index (χ1n) is 10.1. The van der Waals surface area contributed by atoms with Crippen LogP contribution in [0.2, 0.25) is 0 Å². The Balaban J connectivity index is 1.22. The molecule has 0 spiro atoms. The van der Waals surface area contributed by atoms with Gasteiger partial charge in [-0.05, 0) is 25.0 Å². The van der Waals surface area contributed by atoms with Crippen molar-refractivity contribution in [2.75, 3.05) is 12.3 Å². The number of ether oxygens (including phenoxy) is 2. The van der Waals surface area contributed by atoms with Gasteiger partial charge in [0, 0.05) is 0 Å². The quantitative estimate of drug-likeness (QED) is 0.407. The van der Waals surface area contributed by atoms with Crippen molar-refractivity contribution in [2.24, 2.45) is 0 Å². The predicted octanol–water partition coefficient (Wildman–Crippen LogP) is -0.0589. The molecule has 0 radical (unpaired) electrons. The number of hydrogen-bond donors (Lipinski definition) is 4. The second kappa shape index (κ2) is 8.02. The summed E-state index contributed by atoms with van der Waals surface area (Å²) in [4.78, 5) is 17.9. The summed E-state index contributed by atoms with van der Waals surface area (Å²) in [5.74, 6) is 1.11. The molecular formula is C20H24N6O5. The standard InChI is InChI=1S/C20H24N6O5/c1-10-12(6-11-4-2-3-5-13(11)30-10)25-29-7-14-16(27)17(28)20(31-14)26-9-24-15-18(21)22-8-23-19(15)26/h2-5,8-10,12,14,16-17,20,25,27-28H,6-7H2,1H3,(H2,21,22,23)/t10-,12+,14+,16+,17+,20+/m0/s1. The number of rotatable bonds is 5. The number of aliphatic hydroxyl groups excluding tert-OH is 2. The second-order valence-electron chi connectivity index (χ2n) is 7.80. The maximum atomic E-state index is 10.5. The van der Waals surface area contributed by atoms with Gasteiger partial charge in [0.15, 0.2) is 17.7 Å². The van der Waals surface area contributed by atoms with E-state index >= 15 is 0 Å². The van der Waals surface area contributed by atoms with Gasteiger partial charge >= 0.3 is 0 Å². The molecule has 11 nitrogen and oxygen atoms in total. The van der Waals surface area contributed by atoms with E-state index in [2.05, 4.69) is 20.4 Å². The Labute approximate surface area is 177 Å². The molecule has 0 amide bonds. The highest BCUT2D eigenvalue weighted by Crippen LogP contribution is 2.32. The zero-order valence-electron chi connectivity index (χ0n) is 16.8. The summed E-state index contributed by atoms with van der Waals surface area (Å²) < 4.78 is 13.3. The van der Waals surface area contributed by atoms with Crippen LogP contribution in [0.4, 0.5) is 5.82 Å². The Kier molecular flexibility index (Phi) is 5.20. The van der Waals surface area contributed by atoms with Crippen LogP contribution in [0.25, 0.3) is 11.2 Å². The highest BCUT2D eigenvalue weighted by molar-refractivity contribution is 5.81. The van der Waals surface area contributed by atoms with Crippen molar-refractivity contribution in [3.63, 3.8) is 0 Å². The summed E-state index contributed by atoms with van der Waals surface area (Å²) in [7, 11) is 0. The van der Waals surface area contributed by atoms with Gasteiger partial charge < -0.3 is 25.4 Å². The molecule has 5 rings (SSSR count). The van der Waals surface area contributed by atoms with Crippen molar-refractivity contribution in [2.45, 2.75) is 50.0 Å². The zero-order valence-corrected chi connectivity index (χ0v) is 16.8. The van der Waals surface area contributed by atoms with Gasteiger partial charge in [0.2, 0.25) is 0 Å². The van der Waals surface area contributed by atoms with Crippen LogP contribution in [0, 0.1) is 0 Å². The number of fused-ring (bicyclic) bond motifs is 2. The van der Waals surface area contributed by atoms with E-state index in [1.807, 2.05) is 31.2 Å². The highest BCUT2D eigenvalue weighted by atomic mass is 16.7. The van der Waals surface area contributed by atoms with Gasteiger partial charge in [0.25, 0.3) is 0 Å². The van der Waals surface area contributed by atoms with Gasteiger partial charge in [-0.1, -0.05) is 18.2 Å². The fourth-order valence-electron chi connectivity index (χ4n) is 4.00. The van der Waals surface area contributed by atoms with Crippen molar-refractivity contribution >= 4 is 17.0 Å². The van der Waals surface area contributed by atoms with E-state index in [1.165, 1.54) is 17.2 Å². The zero-order chi connectivity index (χ0) is 21.5. The van der Waals surface area contributed by atoms with E-state index < -0.39 is 24.5 Å². The number of anilines is 1. The number of hydrogen-bond acceptors (Lipinski definition) is 10. The third kappa shape index (κ3) is 3.60. The molecule has 4 heterocycles. The maximum absolute atomic E-state index is 10.5. The van der Waals surface area contributed by atoms with E-state index in [1.54, 1.807) is 0 Å². The lowest BCUT2D eigenvalue weighted by molar-refractivity contribution is -0.1000. The fourth-order valence-corrected chi connectivity index (χ4v) is 4.00. The molecule has 1 saturated heterocycles. The van der Waals surface area contributed by atoms with E-state index in [4.69, 9.17) is 20.0 Å². The number of nitrogen functional groups attached to an aromatic ring is 1. The Morgan fingerprint density at radius 1 is 1.23 bits per heavy atom. The summed E-state index contributed by atoms with van der Waals surface area (Å²) in [6, 6.07) is 7.82. The predicted molar refractivity (Wildman–Crippen MR) is 109 cm³/mol. The monoisotopic (exact) mass is 428 g/mol. The highest BCUT2D eigenvalue weighted by Gasteiger charge is 2.44. The molecule has 0 aliphatic carbocycles.